The van der Waals surface area contributed by atoms with Gasteiger partial charge in [0, 0.05) is 5.57 Å². The lowest BCUT2D eigenvalue weighted by atomic mass is 9.96. The van der Waals surface area contributed by atoms with E-state index in [1.807, 2.05) is 6.92 Å². The van der Waals surface area contributed by atoms with E-state index in [1.165, 1.54) is 0 Å². The molecule has 0 saturated heterocycles. The highest BCUT2D eigenvalue weighted by Crippen LogP contribution is 2.18. The molecule has 1 atom stereocenters. The van der Waals surface area contributed by atoms with Gasteiger partial charge < -0.3 is 5.73 Å². The Morgan fingerprint density at radius 1 is 1.50 bits per heavy atom. The summed E-state index contributed by atoms with van der Waals surface area (Å²) in [5.74, 6) is -1.27. The Balaban J connectivity index is 4.43. The van der Waals surface area contributed by atoms with Crippen LogP contribution in [0.15, 0.2) is 12.2 Å². The molecule has 1 amide bonds. The zero-order valence-corrected chi connectivity index (χ0v) is 10.3. The summed E-state index contributed by atoms with van der Waals surface area (Å²) in [7, 11) is -4.02. The Kier molecular flexibility index (Phi) is 6.28. The Bertz CT molecular complexity index is 348. The van der Waals surface area contributed by atoms with Crippen LogP contribution in [0.3, 0.4) is 0 Å². The normalized spacial score (nSPS) is 13.4. The first kappa shape index (κ1) is 15.1. The van der Waals surface area contributed by atoms with Gasteiger partial charge in [0.1, 0.15) is 0 Å². The van der Waals surface area contributed by atoms with E-state index in [4.69, 9.17) is 10.3 Å². The summed E-state index contributed by atoms with van der Waals surface area (Å²) >= 11 is 0. The van der Waals surface area contributed by atoms with Crippen LogP contribution in [0.1, 0.15) is 32.6 Å². The molecule has 0 saturated carbocycles. The third kappa shape index (κ3) is 7.42. The Hall–Kier alpha value is -0.880. The van der Waals surface area contributed by atoms with Gasteiger partial charge in [-0.25, -0.2) is 0 Å². The van der Waals surface area contributed by atoms with Gasteiger partial charge in [0.2, 0.25) is 5.91 Å². The number of hydrogen-bond acceptors (Lipinski definition) is 3. The summed E-state index contributed by atoms with van der Waals surface area (Å²) in [6.07, 6.45) is 2.61. The molecule has 0 aliphatic heterocycles. The molecule has 3 N–H and O–H groups in total. The molecule has 0 bridgehead atoms. The highest BCUT2D eigenvalue weighted by atomic mass is 32.2. The standard InChI is InChI=1S/C10H19NO4S/c1-3-4-5-9(7-16(13,14)15)6-8(2)10(11)12/h9H,2-7H2,1H3,(H2,11,12)(H,13,14,15). The van der Waals surface area contributed by atoms with Crippen LogP contribution in [0.2, 0.25) is 0 Å². The maximum atomic E-state index is 10.8. The number of unbranched alkanes of at least 4 members (excludes halogenated alkanes) is 1. The lowest BCUT2D eigenvalue weighted by Crippen LogP contribution is -2.20. The largest absolute Gasteiger partial charge is 0.366 e. The minimum atomic E-state index is -4.02. The average Bonchev–Trinajstić information content (AvgIpc) is 2.11. The monoisotopic (exact) mass is 249 g/mol. The van der Waals surface area contributed by atoms with Gasteiger partial charge in [0.15, 0.2) is 0 Å². The van der Waals surface area contributed by atoms with Crippen molar-refractivity contribution in [3.63, 3.8) is 0 Å². The highest BCUT2D eigenvalue weighted by molar-refractivity contribution is 7.85. The smallest absolute Gasteiger partial charge is 0.265 e. The van der Waals surface area contributed by atoms with Crippen molar-refractivity contribution < 1.29 is 17.8 Å². The van der Waals surface area contributed by atoms with E-state index in [-0.39, 0.29) is 23.7 Å². The third-order valence-electron chi connectivity index (χ3n) is 2.30. The second kappa shape index (κ2) is 6.65. The molecule has 0 spiro atoms. The quantitative estimate of drug-likeness (QED) is 0.497. The molecule has 1 unspecified atom stereocenters. The molecule has 0 aromatic rings. The fourth-order valence-electron chi connectivity index (χ4n) is 1.48. The molecule has 94 valence electrons. The van der Waals surface area contributed by atoms with E-state index >= 15 is 0 Å². The summed E-state index contributed by atoms with van der Waals surface area (Å²) in [6, 6.07) is 0. The van der Waals surface area contributed by atoms with Gasteiger partial charge in [0.05, 0.1) is 5.75 Å². The van der Waals surface area contributed by atoms with Crippen molar-refractivity contribution in [2.24, 2.45) is 11.7 Å². The maximum absolute atomic E-state index is 10.8. The van der Waals surface area contributed by atoms with Crippen LogP contribution in [0.4, 0.5) is 0 Å². The van der Waals surface area contributed by atoms with Crippen LogP contribution in [-0.4, -0.2) is 24.6 Å². The van der Waals surface area contributed by atoms with Crippen LogP contribution in [0.5, 0.6) is 0 Å². The first-order valence-electron chi connectivity index (χ1n) is 5.19. The lowest BCUT2D eigenvalue weighted by molar-refractivity contribution is -0.114. The van der Waals surface area contributed by atoms with Crippen molar-refractivity contribution in [1.82, 2.24) is 0 Å². The van der Waals surface area contributed by atoms with E-state index in [1.54, 1.807) is 0 Å². The molecule has 0 rings (SSSR count). The zero-order chi connectivity index (χ0) is 12.8. The van der Waals surface area contributed by atoms with Gasteiger partial charge in [-0.15, -0.1) is 0 Å². The minimum absolute atomic E-state index is 0.199. The predicted molar refractivity (Wildman–Crippen MR) is 62.4 cm³/mol. The van der Waals surface area contributed by atoms with Crippen molar-refractivity contribution in [1.29, 1.82) is 0 Å². The van der Waals surface area contributed by atoms with Crippen molar-refractivity contribution >= 4 is 16.0 Å². The Morgan fingerprint density at radius 2 is 2.06 bits per heavy atom. The number of carbonyl (C=O) groups is 1. The van der Waals surface area contributed by atoms with E-state index in [9.17, 15) is 13.2 Å². The van der Waals surface area contributed by atoms with E-state index in [0.717, 1.165) is 12.8 Å². The molecule has 0 aliphatic rings. The molecule has 0 aromatic heterocycles. The minimum Gasteiger partial charge on any atom is -0.366 e. The third-order valence-corrected chi connectivity index (χ3v) is 3.19. The number of carbonyl (C=O) groups excluding carboxylic acids is 1. The van der Waals surface area contributed by atoms with Crippen LogP contribution < -0.4 is 5.73 Å². The molecule has 5 nitrogen and oxygen atoms in total. The second-order valence-corrected chi connectivity index (χ2v) is 5.43. The number of nitrogens with two attached hydrogens (primary N) is 1. The van der Waals surface area contributed by atoms with Gasteiger partial charge >= 0.3 is 0 Å². The number of rotatable bonds is 8. The van der Waals surface area contributed by atoms with Crippen molar-refractivity contribution in [2.75, 3.05) is 5.75 Å². The van der Waals surface area contributed by atoms with Crippen LogP contribution in [-0.2, 0) is 14.9 Å². The molecule has 0 fully saturated rings. The second-order valence-electron chi connectivity index (χ2n) is 3.93. The van der Waals surface area contributed by atoms with E-state index < -0.39 is 16.0 Å². The highest BCUT2D eigenvalue weighted by Gasteiger charge is 2.19. The van der Waals surface area contributed by atoms with Gasteiger partial charge in [-0.05, 0) is 18.8 Å². The van der Waals surface area contributed by atoms with E-state index in [0.29, 0.717) is 6.42 Å². The maximum Gasteiger partial charge on any atom is 0.265 e. The summed E-state index contributed by atoms with van der Waals surface area (Å²) < 4.78 is 30.3. The molecule has 0 heterocycles. The molecule has 0 radical (unpaired) electrons. The number of primary amides is 1. The topological polar surface area (TPSA) is 97.5 Å². The van der Waals surface area contributed by atoms with Crippen molar-refractivity contribution in [2.45, 2.75) is 32.6 Å². The number of amides is 1. The van der Waals surface area contributed by atoms with Crippen LogP contribution >= 0.6 is 0 Å². The first-order valence-corrected chi connectivity index (χ1v) is 6.80. The Morgan fingerprint density at radius 3 is 2.44 bits per heavy atom. The van der Waals surface area contributed by atoms with Crippen molar-refractivity contribution in [3.8, 4) is 0 Å². The van der Waals surface area contributed by atoms with Gasteiger partial charge in [0.25, 0.3) is 10.1 Å². The molecular weight excluding hydrogens is 230 g/mol. The summed E-state index contributed by atoms with van der Waals surface area (Å²) in [6.45, 7) is 5.46. The molecular formula is C10H19NO4S. The average molecular weight is 249 g/mol. The Labute approximate surface area is 96.5 Å². The zero-order valence-electron chi connectivity index (χ0n) is 9.48. The lowest BCUT2D eigenvalue weighted by Gasteiger charge is -2.14. The van der Waals surface area contributed by atoms with Gasteiger partial charge in [-0.2, -0.15) is 8.42 Å². The SMILES string of the molecule is C=C(CC(CCCC)CS(=O)(=O)O)C(N)=O. The fourth-order valence-corrected chi connectivity index (χ4v) is 2.36. The summed E-state index contributed by atoms with van der Waals surface area (Å²) in [5.41, 5.74) is 5.23. The fraction of sp³-hybridized carbons (Fsp3) is 0.700. The molecule has 6 heteroatoms. The molecule has 16 heavy (non-hydrogen) atoms. The van der Waals surface area contributed by atoms with Crippen LogP contribution in [0, 0.1) is 5.92 Å². The molecule has 0 aliphatic carbocycles. The van der Waals surface area contributed by atoms with E-state index in [2.05, 4.69) is 6.58 Å². The van der Waals surface area contributed by atoms with Gasteiger partial charge in [-0.3, -0.25) is 9.35 Å². The number of hydrogen-bond donors (Lipinski definition) is 2. The predicted octanol–water partition coefficient (Wildman–Crippen LogP) is 1.11. The summed E-state index contributed by atoms with van der Waals surface area (Å²) in [5, 5.41) is 0. The van der Waals surface area contributed by atoms with Gasteiger partial charge in [-0.1, -0.05) is 26.3 Å². The first-order chi connectivity index (χ1) is 7.26. The summed E-state index contributed by atoms with van der Waals surface area (Å²) in [4.78, 5) is 10.8. The molecule has 0 aromatic carbocycles. The van der Waals surface area contributed by atoms with Crippen molar-refractivity contribution in [3.05, 3.63) is 12.2 Å². The van der Waals surface area contributed by atoms with Crippen LogP contribution in [0.25, 0.3) is 0 Å².